The molecule has 0 radical (unpaired) electrons. The molecule has 2 aromatic rings. The second kappa shape index (κ2) is 12.1. The van der Waals surface area contributed by atoms with Crippen molar-refractivity contribution in [3.05, 3.63) is 76.9 Å². The van der Waals surface area contributed by atoms with Crippen LogP contribution in [-0.4, -0.2) is 10.7 Å². The van der Waals surface area contributed by atoms with Gasteiger partial charge < -0.3 is 5.11 Å². The van der Waals surface area contributed by atoms with Gasteiger partial charge in [-0.1, -0.05) is 53.4 Å². The lowest BCUT2D eigenvalue weighted by molar-refractivity contribution is 0.141. The molecule has 26 heavy (non-hydrogen) atoms. The number of rotatable bonds is 1. The van der Waals surface area contributed by atoms with Gasteiger partial charge in [0.15, 0.2) is 0 Å². The molecule has 0 aliphatic carbocycles. The molecule has 0 aliphatic heterocycles. The highest BCUT2D eigenvalue weighted by atomic mass is 16.3. The van der Waals surface area contributed by atoms with Gasteiger partial charge in [0.05, 0.1) is 12.1 Å². The molecule has 0 atom stereocenters. The van der Waals surface area contributed by atoms with Crippen LogP contribution in [0, 0.1) is 48.9 Å². The third-order valence-corrected chi connectivity index (χ3v) is 2.92. The smallest absolute Gasteiger partial charge is 0.145 e. The van der Waals surface area contributed by atoms with E-state index in [1.807, 2.05) is 68.4 Å². The number of nitrogens with zero attached hydrogens (tertiary/aromatic N) is 2. The number of hydrogen-bond acceptors (Lipinski definition) is 3. The molecular weight excluding hydrogens is 320 g/mol. The normalized spacial score (nSPS) is 9.46. The summed E-state index contributed by atoms with van der Waals surface area (Å²) in [4.78, 5) is 0. The van der Waals surface area contributed by atoms with Gasteiger partial charge in [0.1, 0.15) is 5.60 Å². The molecule has 0 amide bonds. The Labute approximate surface area is 156 Å². The van der Waals surface area contributed by atoms with Gasteiger partial charge in [-0.05, 0) is 51.5 Å². The molecule has 0 aromatic heterocycles. The van der Waals surface area contributed by atoms with E-state index in [0.717, 1.165) is 11.1 Å². The Balaban J connectivity index is 0.000000378. The second-order valence-electron chi connectivity index (χ2n) is 6.05. The quantitative estimate of drug-likeness (QED) is 0.459. The predicted molar refractivity (Wildman–Crippen MR) is 107 cm³/mol. The van der Waals surface area contributed by atoms with E-state index >= 15 is 0 Å². The van der Waals surface area contributed by atoms with E-state index in [-0.39, 0.29) is 0 Å². The second-order valence-corrected chi connectivity index (χ2v) is 6.05. The van der Waals surface area contributed by atoms with Crippen LogP contribution in [0.15, 0.2) is 54.6 Å². The standard InChI is InChI=1S/C10H9N.C9H8.C4H7NO/c1-9-4-6-10(7-5-9)3-2-8-11;1-3-9-6-4-8(2)5-7-9;1-4(2,6)3-5/h2-7H,1H3;1,4-7H,2H3;6H,1-2H3/b3-2+;;. The fraction of sp³-hybridized carbons (Fsp3) is 0.217. The average molecular weight is 344 g/mol. The Hall–Kier alpha value is -3.32. The van der Waals surface area contributed by atoms with E-state index in [1.54, 1.807) is 12.1 Å². The number of aryl methyl sites for hydroxylation is 2. The Morgan fingerprint density at radius 3 is 1.69 bits per heavy atom. The first-order valence-electron chi connectivity index (χ1n) is 8.01. The highest BCUT2D eigenvalue weighted by Crippen LogP contribution is 2.04. The van der Waals surface area contributed by atoms with Gasteiger partial charge in [-0.2, -0.15) is 10.5 Å². The molecule has 1 N–H and O–H groups in total. The molecular formula is C23H24N2O. The van der Waals surface area contributed by atoms with Crippen LogP contribution >= 0.6 is 0 Å². The van der Waals surface area contributed by atoms with Gasteiger partial charge in [0.2, 0.25) is 0 Å². The average Bonchev–Trinajstić information content (AvgIpc) is 2.62. The van der Waals surface area contributed by atoms with Crippen molar-refractivity contribution in [3.63, 3.8) is 0 Å². The SMILES string of the molecule is C#Cc1ccc(C)cc1.CC(C)(O)C#N.Cc1ccc(/C=C/C#N)cc1. The minimum atomic E-state index is -1.15. The number of terminal acetylenes is 1. The zero-order valence-corrected chi connectivity index (χ0v) is 15.7. The van der Waals surface area contributed by atoms with Crippen LogP contribution < -0.4 is 0 Å². The third-order valence-electron chi connectivity index (χ3n) is 2.92. The molecule has 0 aliphatic rings. The first-order valence-corrected chi connectivity index (χ1v) is 8.01. The lowest BCUT2D eigenvalue weighted by Crippen LogP contribution is -2.13. The molecule has 0 saturated heterocycles. The molecule has 0 spiro atoms. The molecule has 0 fully saturated rings. The number of nitriles is 2. The molecule has 132 valence electrons. The van der Waals surface area contributed by atoms with Gasteiger partial charge in [-0.25, -0.2) is 0 Å². The van der Waals surface area contributed by atoms with E-state index < -0.39 is 5.60 Å². The molecule has 0 heterocycles. The molecule has 2 aromatic carbocycles. The topological polar surface area (TPSA) is 67.8 Å². The molecule has 0 saturated carbocycles. The summed E-state index contributed by atoms with van der Waals surface area (Å²) >= 11 is 0. The maximum atomic E-state index is 8.47. The third kappa shape index (κ3) is 12.1. The summed E-state index contributed by atoms with van der Waals surface area (Å²) in [6, 6.07) is 19.5. The van der Waals surface area contributed by atoms with Crippen LogP contribution in [0.2, 0.25) is 0 Å². The fourth-order valence-corrected chi connectivity index (χ4v) is 1.46. The highest BCUT2D eigenvalue weighted by molar-refractivity contribution is 5.51. The van der Waals surface area contributed by atoms with Crippen molar-refractivity contribution in [2.24, 2.45) is 0 Å². The Morgan fingerprint density at radius 2 is 1.35 bits per heavy atom. The van der Waals surface area contributed by atoms with Gasteiger partial charge in [-0.3, -0.25) is 0 Å². The predicted octanol–water partition coefficient (Wildman–Crippen LogP) is 4.79. The lowest BCUT2D eigenvalue weighted by Gasteiger charge is -2.00. The lowest BCUT2D eigenvalue weighted by atomic mass is 10.1. The largest absolute Gasteiger partial charge is 0.376 e. The summed E-state index contributed by atoms with van der Waals surface area (Å²) < 4.78 is 0. The van der Waals surface area contributed by atoms with Crippen LogP contribution in [0.4, 0.5) is 0 Å². The van der Waals surface area contributed by atoms with Crippen molar-refractivity contribution in [3.8, 4) is 24.5 Å². The van der Waals surface area contributed by atoms with E-state index in [9.17, 15) is 0 Å². The zero-order chi connectivity index (χ0) is 20.0. The number of aliphatic hydroxyl groups is 1. The van der Waals surface area contributed by atoms with Crippen LogP contribution in [-0.2, 0) is 0 Å². The van der Waals surface area contributed by atoms with E-state index in [0.29, 0.717) is 0 Å². The van der Waals surface area contributed by atoms with Gasteiger partial charge >= 0.3 is 0 Å². The van der Waals surface area contributed by atoms with E-state index in [1.165, 1.54) is 31.1 Å². The zero-order valence-electron chi connectivity index (χ0n) is 15.7. The van der Waals surface area contributed by atoms with Crippen LogP contribution in [0.1, 0.15) is 36.1 Å². The maximum Gasteiger partial charge on any atom is 0.145 e. The van der Waals surface area contributed by atoms with E-state index in [4.69, 9.17) is 22.1 Å². The summed E-state index contributed by atoms with van der Waals surface area (Å²) in [5, 5.41) is 24.6. The van der Waals surface area contributed by atoms with Crippen LogP contribution in [0.3, 0.4) is 0 Å². The van der Waals surface area contributed by atoms with Crippen molar-refractivity contribution in [2.45, 2.75) is 33.3 Å². The minimum Gasteiger partial charge on any atom is -0.376 e. The Kier molecular flexibility index (Phi) is 10.6. The molecule has 0 unspecified atom stereocenters. The molecule has 3 heteroatoms. The van der Waals surface area contributed by atoms with Crippen molar-refractivity contribution < 1.29 is 5.11 Å². The molecule has 3 nitrogen and oxygen atoms in total. The number of benzene rings is 2. The van der Waals surface area contributed by atoms with Gasteiger partial charge in [0.25, 0.3) is 0 Å². The molecule has 2 rings (SSSR count). The molecule has 0 bridgehead atoms. The summed E-state index contributed by atoms with van der Waals surface area (Å²) in [6.07, 6.45) is 8.42. The summed E-state index contributed by atoms with van der Waals surface area (Å²) in [7, 11) is 0. The van der Waals surface area contributed by atoms with Crippen molar-refractivity contribution >= 4 is 6.08 Å². The van der Waals surface area contributed by atoms with Gasteiger partial charge in [0, 0.05) is 11.6 Å². The highest BCUT2D eigenvalue weighted by Gasteiger charge is 2.07. The Morgan fingerprint density at radius 1 is 0.923 bits per heavy atom. The number of allylic oxidation sites excluding steroid dienone is 1. The van der Waals surface area contributed by atoms with Crippen molar-refractivity contribution in [1.82, 2.24) is 0 Å². The van der Waals surface area contributed by atoms with E-state index in [2.05, 4.69) is 5.92 Å². The Bertz CT molecular complexity index is 803. The van der Waals surface area contributed by atoms with Crippen molar-refractivity contribution in [1.29, 1.82) is 10.5 Å². The monoisotopic (exact) mass is 344 g/mol. The minimum absolute atomic E-state index is 0.945. The summed E-state index contributed by atoms with van der Waals surface area (Å²) in [5.74, 6) is 2.55. The van der Waals surface area contributed by atoms with Crippen molar-refractivity contribution in [2.75, 3.05) is 0 Å². The maximum absolute atomic E-state index is 8.47. The first-order chi connectivity index (χ1) is 12.2. The number of hydrogen-bond donors (Lipinski definition) is 1. The van der Waals surface area contributed by atoms with Crippen LogP contribution in [0.25, 0.3) is 6.08 Å². The first kappa shape index (κ1) is 22.7. The van der Waals surface area contributed by atoms with Gasteiger partial charge in [-0.15, -0.1) is 6.42 Å². The van der Waals surface area contributed by atoms with Crippen LogP contribution in [0.5, 0.6) is 0 Å². The summed E-state index contributed by atoms with van der Waals surface area (Å²) in [6.45, 7) is 6.96. The fourth-order valence-electron chi connectivity index (χ4n) is 1.46. The summed E-state index contributed by atoms with van der Waals surface area (Å²) in [5.41, 5.74) is 3.34.